The Hall–Kier alpha value is -2.70. The predicted octanol–water partition coefficient (Wildman–Crippen LogP) is 3.07. The van der Waals surface area contributed by atoms with Gasteiger partial charge in [0.1, 0.15) is 0 Å². The number of amides is 1. The zero-order valence-electron chi connectivity index (χ0n) is 15.5. The van der Waals surface area contributed by atoms with Gasteiger partial charge in [-0.05, 0) is 23.3 Å². The molecule has 1 amide bonds. The predicted molar refractivity (Wildman–Crippen MR) is 98.8 cm³/mol. The second-order valence-electron chi connectivity index (χ2n) is 6.38. The fourth-order valence-electron chi connectivity index (χ4n) is 2.91. The van der Waals surface area contributed by atoms with Crippen molar-refractivity contribution in [1.82, 2.24) is 4.90 Å². The molecule has 0 aliphatic carbocycles. The average Bonchev–Trinajstić information content (AvgIpc) is 3.22. The summed E-state index contributed by atoms with van der Waals surface area (Å²) in [6, 6.07) is 15.0. The van der Waals surface area contributed by atoms with E-state index in [0.717, 1.165) is 16.7 Å². The Labute approximate surface area is 158 Å². The second kappa shape index (κ2) is 8.79. The van der Waals surface area contributed by atoms with Crippen molar-refractivity contribution < 1.29 is 23.8 Å². The van der Waals surface area contributed by atoms with Gasteiger partial charge >= 0.3 is 5.97 Å². The molecule has 2 aromatic rings. The molecule has 0 bridgehead atoms. The van der Waals surface area contributed by atoms with Crippen LogP contribution in [-0.2, 0) is 32.1 Å². The number of nitrogens with zero attached hydrogens (tertiary/aromatic N) is 1. The van der Waals surface area contributed by atoms with Crippen LogP contribution in [0.1, 0.15) is 40.3 Å². The zero-order chi connectivity index (χ0) is 19.2. The fourth-order valence-corrected chi connectivity index (χ4v) is 2.91. The van der Waals surface area contributed by atoms with Crippen LogP contribution >= 0.6 is 0 Å². The van der Waals surface area contributed by atoms with Crippen LogP contribution in [0, 0.1) is 0 Å². The van der Waals surface area contributed by atoms with E-state index in [1.165, 1.54) is 7.11 Å². The van der Waals surface area contributed by atoms with Gasteiger partial charge in [-0.2, -0.15) is 0 Å². The maximum absolute atomic E-state index is 12.1. The highest BCUT2D eigenvalue weighted by Gasteiger charge is 2.18. The lowest BCUT2D eigenvalue weighted by atomic mass is 10.1. The van der Waals surface area contributed by atoms with Crippen LogP contribution in [0.4, 0.5) is 0 Å². The smallest absolute Gasteiger partial charge is 0.337 e. The first-order valence-electron chi connectivity index (χ1n) is 8.81. The van der Waals surface area contributed by atoms with E-state index in [1.54, 1.807) is 24.0 Å². The third-order valence-corrected chi connectivity index (χ3v) is 4.44. The maximum Gasteiger partial charge on any atom is 0.337 e. The van der Waals surface area contributed by atoms with Crippen molar-refractivity contribution in [2.75, 3.05) is 20.3 Å². The Morgan fingerprint density at radius 3 is 1.96 bits per heavy atom. The van der Waals surface area contributed by atoms with E-state index in [9.17, 15) is 9.59 Å². The average molecular weight is 369 g/mol. The minimum atomic E-state index is -0.375. The molecular formula is C21H23NO5. The topological polar surface area (TPSA) is 65.1 Å². The van der Waals surface area contributed by atoms with Gasteiger partial charge in [0.15, 0.2) is 6.29 Å². The standard InChI is InChI=1S/C21H23NO5/c1-15(23)22(13-16-3-7-18(8-4-16)20(24)25-2)14-17-5-9-19(10-6-17)21-26-11-12-27-21/h3-10,21H,11-14H2,1-2H3. The van der Waals surface area contributed by atoms with E-state index >= 15 is 0 Å². The number of benzene rings is 2. The highest BCUT2D eigenvalue weighted by Crippen LogP contribution is 2.23. The molecule has 2 aromatic carbocycles. The van der Waals surface area contributed by atoms with Gasteiger partial charge in [0.25, 0.3) is 0 Å². The van der Waals surface area contributed by atoms with Gasteiger partial charge in [0.05, 0.1) is 25.9 Å². The number of carbonyl (C=O) groups is 2. The Morgan fingerprint density at radius 1 is 0.963 bits per heavy atom. The molecular weight excluding hydrogens is 346 g/mol. The van der Waals surface area contributed by atoms with Crippen LogP contribution in [0.5, 0.6) is 0 Å². The molecule has 0 aromatic heterocycles. The second-order valence-corrected chi connectivity index (χ2v) is 6.38. The molecule has 1 heterocycles. The van der Waals surface area contributed by atoms with E-state index in [2.05, 4.69) is 0 Å². The molecule has 1 aliphatic rings. The fraction of sp³-hybridized carbons (Fsp3) is 0.333. The lowest BCUT2D eigenvalue weighted by Gasteiger charge is -2.22. The van der Waals surface area contributed by atoms with Crippen LogP contribution in [0.15, 0.2) is 48.5 Å². The summed E-state index contributed by atoms with van der Waals surface area (Å²) < 4.78 is 15.7. The van der Waals surface area contributed by atoms with Crippen LogP contribution in [0.25, 0.3) is 0 Å². The molecule has 3 rings (SSSR count). The van der Waals surface area contributed by atoms with Crippen molar-refractivity contribution >= 4 is 11.9 Å². The van der Waals surface area contributed by atoms with Crippen molar-refractivity contribution in [3.8, 4) is 0 Å². The molecule has 1 fully saturated rings. The quantitative estimate of drug-likeness (QED) is 0.732. The molecule has 0 radical (unpaired) electrons. The van der Waals surface area contributed by atoms with Gasteiger partial charge < -0.3 is 19.1 Å². The number of esters is 1. The molecule has 6 heteroatoms. The molecule has 1 saturated heterocycles. The molecule has 0 unspecified atom stereocenters. The van der Waals surface area contributed by atoms with Crippen LogP contribution in [0.2, 0.25) is 0 Å². The molecule has 142 valence electrons. The van der Waals surface area contributed by atoms with Crippen molar-refractivity contribution in [2.45, 2.75) is 26.3 Å². The summed E-state index contributed by atoms with van der Waals surface area (Å²) >= 11 is 0. The van der Waals surface area contributed by atoms with Crippen molar-refractivity contribution in [3.63, 3.8) is 0 Å². The number of methoxy groups -OCH3 is 1. The first-order valence-corrected chi connectivity index (χ1v) is 8.81. The summed E-state index contributed by atoms with van der Waals surface area (Å²) in [5.74, 6) is -0.390. The van der Waals surface area contributed by atoms with E-state index in [1.807, 2.05) is 36.4 Å². The van der Waals surface area contributed by atoms with E-state index in [-0.39, 0.29) is 18.2 Å². The summed E-state index contributed by atoms with van der Waals surface area (Å²) in [5, 5.41) is 0. The van der Waals surface area contributed by atoms with Crippen molar-refractivity contribution in [1.29, 1.82) is 0 Å². The number of hydrogen-bond acceptors (Lipinski definition) is 5. The van der Waals surface area contributed by atoms with Gasteiger partial charge in [0, 0.05) is 25.6 Å². The van der Waals surface area contributed by atoms with Gasteiger partial charge in [0.2, 0.25) is 5.91 Å². The lowest BCUT2D eigenvalue weighted by molar-refractivity contribution is -0.130. The highest BCUT2D eigenvalue weighted by atomic mass is 16.7. The molecule has 0 spiro atoms. The Kier molecular flexibility index (Phi) is 6.21. The van der Waals surface area contributed by atoms with Crippen LogP contribution in [0.3, 0.4) is 0 Å². The number of rotatable bonds is 6. The first kappa shape index (κ1) is 19.1. The summed E-state index contributed by atoms with van der Waals surface area (Å²) in [5.41, 5.74) is 3.44. The Morgan fingerprint density at radius 2 is 1.48 bits per heavy atom. The van der Waals surface area contributed by atoms with Gasteiger partial charge in [-0.1, -0.05) is 36.4 Å². The molecule has 0 N–H and O–H groups in total. The molecule has 0 saturated carbocycles. The van der Waals surface area contributed by atoms with E-state index in [0.29, 0.717) is 31.9 Å². The Balaban J connectivity index is 1.65. The van der Waals surface area contributed by atoms with Gasteiger partial charge in [-0.25, -0.2) is 4.79 Å². The lowest BCUT2D eigenvalue weighted by Crippen LogP contribution is -2.27. The number of carbonyl (C=O) groups excluding carboxylic acids is 2. The largest absolute Gasteiger partial charge is 0.465 e. The summed E-state index contributed by atoms with van der Waals surface area (Å²) in [6.45, 7) is 3.74. The minimum Gasteiger partial charge on any atom is -0.465 e. The van der Waals surface area contributed by atoms with Crippen LogP contribution < -0.4 is 0 Å². The monoisotopic (exact) mass is 369 g/mol. The molecule has 27 heavy (non-hydrogen) atoms. The number of hydrogen-bond donors (Lipinski definition) is 0. The van der Waals surface area contributed by atoms with Crippen LogP contribution in [-0.4, -0.2) is 37.1 Å². The molecule has 0 atom stereocenters. The van der Waals surface area contributed by atoms with Gasteiger partial charge in [-0.3, -0.25) is 4.79 Å². The third-order valence-electron chi connectivity index (χ3n) is 4.44. The maximum atomic E-state index is 12.1. The SMILES string of the molecule is COC(=O)c1ccc(CN(Cc2ccc(C3OCCO3)cc2)C(C)=O)cc1. The molecule has 6 nitrogen and oxygen atoms in total. The zero-order valence-corrected chi connectivity index (χ0v) is 15.5. The summed E-state index contributed by atoms with van der Waals surface area (Å²) in [6.07, 6.45) is -0.295. The minimum absolute atomic E-state index is 0.0152. The van der Waals surface area contributed by atoms with Crippen molar-refractivity contribution in [3.05, 3.63) is 70.8 Å². The van der Waals surface area contributed by atoms with E-state index in [4.69, 9.17) is 14.2 Å². The van der Waals surface area contributed by atoms with Crippen molar-refractivity contribution in [2.24, 2.45) is 0 Å². The third kappa shape index (κ3) is 4.93. The molecule has 1 aliphatic heterocycles. The van der Waals surface area contributed by atoms with E-state index < -0.39 is 0 Å². The Bertz CT molecular complexity index is 779. The normalized spacial score (nSPS) is 14.1. The highest BCUT2D eigenvalue weighted by molar-refractivity contribution is 5.89. The number of ether oxygens (including phenoxy) is 3. The van der Waals surface area contributed by atoms with Gasteiger partial charge in [-0.15, -0.1) is 0 Å². The summed E-state index contributed by atoms with van der Waals surface area (Å²) in [4.78, 5) is 25.3. The first-order chi connectivity index (χ1) is 13.1. The summed E-state index contributed by atoms with van der Waals surface area (Å²) in [7, 11) is 1.35.